The van der Waals surface area contributed by atoms with E-state index in [2.05, 4.69) is 15.7 Å². The van der Waals surface area contributed by atoms with Crippen molar-refractivity contribution in [2.45, 2.75) is 12.5 Å². The quantitative estimate of drug-likeness (QED) is 0.616. The summed E-state index contributed by atoms with van der Waals surface area (Å²) in [5.41, 5.74) is 1.92. The highest BCUT2D eigenvalue weighted by molar-refractivity contribution is 6.32. The van der Waals surface area contributed by atoms with Gasteiger partial charge in [-0.3, -0.25) is 5.32 Å². The van der Waals surface area contributed by atoms with Crippen molar-refractivity contribution in [1.82, 2.24) is 15.1 Å². The number of ether oxygens (including phenoxy) is 2. The summed E-state index contributed by atoms with van der Waals surface area (Å²) >= 11 is 6.18. The third-order valence-electron chi connectivity index (χ3n) is 4.69. The Hall–Kier alpha value is -3.52. The van der Waals surface area contributed by atoms with E-state index >= 15 is 0 Å². The lowest BCUT2D eigenvalue weighted by Crippen LogP contribution is -2.35. The van der Waals surface area contributed by atoms with Crippen LogP contribution in [0.1, 0.15) is 28.4 Å². The van der Waals surface area contributed by atoms with Crippen LogP contribution in [-0.4, -0.2) is 35.5 Å². The fourth-order valence-corrected chi connectivity index (χ4v) is 3.51. The molecule has 2 aromatic carbocycles. The number of para-hydroxylation sites is 1. The highest BCUT2D eigenvalue weighted by Gasteiger charge is 2.24. The summed E-state index contributed by atoms with van der Waals surface area (Å²) in [6, 6.07) is 13.4. The molecule has 2 amide bonds. The maximum atomic E-state index is 12.5. The first-order valence-corrected chi connectivity index (χ1v) is 9.66. The van der Waals surface area contributed by atoms with E-state index in [4.69, 9.17) is 21.1 Å². The first-order valence-electron chi connectivity index (χ1n) is 9.28. The standard InChI is InChI=1S/C21H19ClN4O4/c1-29-20(27)13-4-2-5-14(12-13)26-10-8-18(25-26)24-21(28)23-17-9-11-30-19-15(17)6-3-7-16(19)22/h2-8,10,12,17H,9,11H2,1H3,(H2,23,24,25,28)/t17-/m0/s1. The number of carbonyl (C=O) groups excluding carboxylic acids is 2. The Kier molecular flexibility index (Phi) is 5.58. The summed E-state index contributed by atoms with van der Waals surface area (Å²) in [6.07, 6.45) is 2.32. The number of aromatic nitrogens is 2. The molecule has 1 aliphatic heterocycles. The number of esters is 1. The highest BCUT2D eigenvalue weighted by atomic mass is 35.5. The van der Waals surface area contributed by atoms with E-state index in [-0.39, 0.29) is 12.1 Å². The molecular weight excluding hydrogens is 408 g/mol. The van der Waals surface area contributed by atoms with Gasteiger partial charge in [0.1, 0.15) is 5.75 Å². The molecule has 0 fully saturated rings. The van der Waals surface area contributed by atoms with Crippen LogP contribution in [0.3, 0.4) is 0 Å². The molecule has 1 atom stereocenters. The second-order valence-electron chi connectivity index (χ2n) is 6.63. The van der Waals surface area contributed by atoms with Gasteiger partial charge in [-0.2, -0.15) is 0 Å². The van der Waals surface area contributed by atoms with Gasteiger partial charge in [0.15, 0.2) is 5.82 Å². The molecule has 30 heavy (non-hydrogen) atoms. The summed E-state index contributed by atoms with van der Waals surface area (Å²) in [5, 5.41) is 10.5. The molecular formula is C21H19ClN4O4. The second-order valence-corrected chi connectivity index (χ2v) is 7.04. The van der Waals surface area contributed by atoms with E-state index in [1.807, 2.05) is 12.1 Å². The van der Waals surface area contributed by atoms with Gasteiger partial charge in [0, 0.05) is 24.2 Å². The summed E-state index contributed by atoms with van der Waals surface area (Å²) in [7, 11) is 1.33. The van der Waals surface area contributed by atoms with Crippen molar-refractivity contribution in [2.24, 2.45) is 0 Å². The zero-order valence-corrected chi connectivity index (χ0v) is 16.8. The number of hydrogen-bond acceptors (Lipinski definition) is 5. The molecule has 1 aromatic heterocycles. The summed E-state index contributed by atoms with van der Waals surface area (Å²) in [5.74, 6) is 0.540. The van der Waals surface area contributed by atoms with Crippen molar-refractivity contribution in [3.05, 3.63) is 70.9 Å². The van der Waals surface area contributed by atoms with Crippen molar-refractivity contribution in [3.63, 3.8) is 0 Å². The maximum absolute atomic E-state index is 12.5. The number of hydrogen-bond donors (Lipinski definition) is 2. The third-order valence-corrected chi connectivity index (χ3v) is 4.99. The number of nitrogens with one attached hydrogen (secondary N) is 2. The summed E-state index contributed by atoms with van der Waals surface area (Å²) in [4.78, 5) is 24.2. The van der Waals surface area contributed by atoms with E-state index in [1.165, 1.54) is 7.11 Å². The SMILES string of the molecule is COC(=O)c1cccc(-n2ccc(NC(=O)N[C@H]3CCOc4c(Cl)cccc43)n2)c1. The maximum Gasteiger partial charge on any atom is 0.337 e. The van der Waals surface area contributed by atoms with Crippen molar-refractivity contribution < 1.29 is 19.1 Å². The van der Waals surface area contributed by atoms with Gasteiger partial charge in [0.2, 0.25) is 0 Å². The zero-order chi connectivity index (χ0) is 21.1. The lowest BCUT2D eigenvalue weighted by Gasteiger charge is -2.27. The number of carbonyl (C=O) groups is 2. The fraction of sp³-hybridized carbons (Fsp3) is 0.190. The van der Waals surface area contributed by atoms with Crippen LogP contribution in [0.4, 0.5) is 10.6 Å². The minimum absolute atomic E-state index is 0.216. The molecule has 2 N–H and O–H groups in total. The minimum Gasteiger partial charge on any atom is -0.492 e. The van der Waals surface area contributed by atoms with Gasteiger partial charge < -0.3 is 14.8 Å². The first-order chi connectivity index (χ1) is 14.5. The molecule has 0 saturated heterocycles. The smallest absolute Gasteiger partial charge is 0.337 e. The molecule has 8 nitrogen and oxygen atoms in total. The van der Waals surface area contributed by atoms with Gasteiger partial charge >= 0.3 is 12.0 Å². The van der Waals surface area contributed by atoms with Crippen molar-refractivity contribution in [3.8, 4) is 11.4 Å². The Labute approximate surface area is 177 Å². The van der Waals surface area contributed by atoms with Gasteiger partial charge in [-0.25, -0.2) is 14.3 Å². The van der Waals surface area contributed by atoms with E-state index in [0.717, 1.165) is 5.56 Å². The predicted molar refractivity (Wildman–Crippen MR) is 111 cm³/mol. The van der Waals surface area contributed by atoms with Crippen LogP contribution >= 0.6 is 11.6 Å². The molecule has 9 heteroatoms. The molecule has 0 unspecified atom stereocenters. The van der Waals surface area contributed by atoms with Crippen LogP contribution < -0.4 is 15.4 Å². The molecule has 0 saturated carbocycles. The molecule has 4 rings (SSSR count). The Morgan fingerprint density at radius 1 is 1.23 bits per heavy atom. The Morgan fingerprint density at radius 2 is 2.07 bits per heavy atom. The average molecular weight is 427 g/mol. The molecule has 0 spiro atoms. The third kappa shape index (κ3) is 4.08. The first kappa shape index (κ1) is 19.8. The molecule has 2 heterocycles. The summed E-state index contributed by atoms with van der Waals surface area (Å²) < 4.78 is 11.9. The number of fused-ring (bicyclic) bond motifs is 1. The van der Waals surface area contributed by atoms with E-state index in [0.29, 0.717) is 40.9 Å². The Balaban J connectivity index is 1.44. The number of urea groups is 1. The van der Waals surface area contributed by atoms with Crippen molar-refractivity contribution in [2.75, 3.05) is 19.0 Å². The fourth-order valence-electron chi connectivity index (χ4n) is 3.27. The molecule has 0 aliphatic carbocycles. The topological polar surface area (TPSA) is 94.5 Å². The normalized spacial score (nSPS) is 14.9. The highest BCUT2D eigenvalue weighted by Crippen LogP contribution is 2.37. The van der Waals surface area contributed by atoms with Gasteiger partial charge in [-0.05, 0) is 24.3 Å². The monoisotopic (exact) mass is 426 g/mol. The van der Waals surface area contributed by atoms with Crippen molar-refractivity contribution >= 4 is 29.4 Å². The number of benzene rings is 2. The Bertz CT molecular complexity index is 1100. The van der Waals surface area contributed by atoms with Crippen LogP contribution in [-0.2, 0) is 4.74 Å². The predicted octanol–water partition coefficient (Wildman–Crippen LogP) is 3.96. The molecule has 3 aromatic rings. The Morgan fingerprint density at radius 3 is 2.90 bits per heavy atom. The zero-order valence-electron chi connectivity index (χ0n) is 16.1. The van der Waals surface area contributed by atoms with Gasteiger partial charge in [-0.15, -0.1) is 5.10 Å². The number of halogens is 1. The number of nitrogens with zero attached hydrogens (tertiary/aromatic N) is 2. The summed E-state index contributed by atoms with van der Waals surface area (Å²) in [6.45, 7) is 0.465. The number of rotatable bonds is 4. The second kappa shape index (κ2) is 8.46. The minimum atomic E-state index is -0.432. The number of anilines is 1. The lowest BCUT2D eigenvalue weighted by molar-refractivity contribution is 0.0600. The molecule has 1 aliphatic rings. The lowest BCUT2D eigenvalue weighted by atomic mass is 10.0. The van der Waals surface area contributed by atoms with Gasteiger partial charge in [0.05, 0.1) is 36.0 Å². The van der Waals surface area contributed by atoms with Crippen LogP contribution in [0.15, 0.2) is 54.7 Å². The van der Waals surface area contributed by atoms with Gasteiger partial charge in [-0.1, -0.05) is 29.8 Å². The molecule has 154 valence electrons. The van der Waals surface area contributed by atoms with Crippen LogP contribution in [0, 0.1) is 0 Å². The van der Waals surface area contributed by atoms with E-state index in [1.54, 1.807) is 47.3 Å². The van der Waals surface area contributed by atoms with Gasteiger partial charge in [0.25, 0.3) is 0 Å². The number of methoxy groups -OCH3 is 1. The van der Waals surface area contributed by atoms with E-state index < -0.39 is 5.97 Å². The molecule has 0 radical (unpaired) electrons. The van der Waals surface area contributed by atoms with E-state index in [9.17, 15) is 9.59 Å². The molecule has 0 bridgehead atoms. The largest absolute Gasteiger partial charge is 0.492 e. The van der Waals surface area contributed by atoms with Crippen LogP contribution in [0.5, 0.6) is 5.75 Å². The van der Waals surface area contributed by atoms with Crippen molar-refractivity contribution in [1.29, 1.82) is 0 Å². The van der Waals surface area contributed by atoms with Crippen LogP contribution in [0.25, 0.3) is 5.69 Å². The average Bonchev–Trinajstić information content (AvgIpc) is 3.22. The van der Waals surface area contributed by atoms with Crippen LogP contribution in [0.2, 0.25) is 5.02 Å². The number of amides is 2.